The molecule has 1 saturated heterocycles. The molecule has 2 aromatic carbocycles. The quantitative estimate of drug-likeness (QED) is 0.286. The maximum absolute atomic E-state index is 15.0. The second-order valence-corrected chi connectivity index (χ2v) is 12.5. The number of aromatic nitrogens is 7. The summed E-state index contributed by atoms with van der Waals surface area (Å²) in [6.07, 6.45) is 2.78. The lowest BCUT2D eigenvalue weighted by Crippen LogP contribution is -2.47. The van der Waals surface area contributed by atoms with E-state index < -0.39 is 30.8 Å². The van der Waals surface area contributed by atoms with E-state index in [9.17, 15) is 13.6 Å². The monoisotopic (exact) mass is 683 g/mol. The molecule has 3 atom stereocenters. The van der Waals surface area contributed by atoms with E-state index in [2.05, 4.69) is 25.4 Å². The summed E-state index contributed by atoms with van der Waals surface area (Å²) in [5, 5.41) is 8.43. The number of amides is 1. The van der Waals surface area contributed by atoms with Crippen molar-refractivity contribution < 1.29 is 27.2 Å². The topological polar surface area (TPSA) is 128 Å². The van der Waals surface area contributed by atoms with Gasteiger partial charge in [0.2, 0.25) is 5.91 Å². The summed E-state index contributed by atoms with van der Waals surface area (Å²) in [6, 6.07) is 10.9. The number of hydrogen-bond acceptors (Lipinski definition) is 10. The summed E-state index contributed by atoms with van der Waals surface area (Å²) in [5.74, 6) is 0.0854. The second kappa shape index (κ2) is 12.3. The van der Waals surface area contributed by atoms with Gasteiger partial charge in [-0.2, -0.15) is 5.10 Å². The Morgan fingerprint density at radius 2 is 1.92 bits per heavy atom. The van der Waals surface area contributed by atoms with Gasteiger partial charge in [0.05, 0.1) is 52.1 Å². The van der Waals surface area contributed by atoms with Crippen molar-refractivity contribution in [3.63, 3.8) is 0 Å². The minimum absolute atomic E-state index is 0.153. The first kappa shape index (κ1) is 28.2. The van der Waals surface area contributed by atoms with Crippen LogP contribution < -0.4 is 15.0 Å². The maximum Gasteiger partial charge on any atom is 0.245 e. The van der Waals surface area contributed by atoms with Gasteiger partial charge < -0.3 is 29.2 Å². The van der Waals surface area contributed by atoms with Crippen molar-refractivity contribution >= 4 is 39.6 Å². The van der Waals surface area contributed by atoms with Gasteiger partial charge in [0.25, 0.3) is 0 Å². The Balaban J connectivity index is 1.21. The molecule has 50 heavy (non-hydrogen) atoms. The molecular weight excluding hydrogens is 646 g/mol. The van der Waals surface area contributed by atoms with E-state index in [1.165, 1.54) is 41.5 Å². The zero-order valence-corrected chi connectivity index (χ0v) is 27.3. The molecule has 1 amide bonds. The number of fused-ring (bicyclic) bond motifs is 6. The summed E-state index contributed by atoms with van der Waals surface area (Å²) in [6.45, 7) is 2.77. The molecule has 0 radical (unpaired) electrons. The van der Waals surface area contributed by atoms with Gasteiger partial charge in [0.1, 0.15) is 52.9 Å². The molecule has 256 valence electrons. The number of nitrogens with one attached hydrogen (secondary N) is 1. The van der Waals surface area contributed by atoms with Crippen LogP contribution in [0.15, 0.2) is 61.1 Å². The molecule has 6 heterocycles. The molecule has 13 nitrogen and oxygen atoms in total. The number of nitrogens with zero attached hydrogens (tertiary/aromatic N) is 9. The van der Waals surface area contributed by atoms with Crippen LogP contribution in [-0.4, -0.2) is 97.6 Å². The number of halogens is 2. The standard InChI is InChI=1S/C35H34F2N10O3/c1-19-41-27-11-21(37)10-24-26-6-5-7-31(43-26)42-22-13-29(35(48)44(2)16-23(49-3)17-45(19)32(24)27)46(15-22)33-25-14-40-47(34(25)39-18-38-33)28-9-8-20(36)12-30(28)50-4/h5-12,14,18,22-23,29H,13,15-17H2,1-4H3,(H,42,43)/t22-,23-,29-/m0/s1/i4D3. The van der Waals surface area contributed by atoms with E-state index in [1.807, 2.05) is 34.6 Å². The molecule has 1 N–H and O–H groups in total. The van der Waals surface area contributed by atoms with E-state index >= 15 is 0 Å². The molecular formula is C35H34F2N10O3. The van der Waals surface area contributed by atoms with Crippen LogP contribution in [0.5, 0.6) is 5.75 Å². The van der Waals surface area contributed by atoms with Crippen molar-refractivity contribution in [2.75, 3.05) is 44.5 Å². The van der Waals surface area contributed by atoms with Crippen molar-refractivity contribution in [3.8, 4) is 22.7 Å². The predicted molar refractivity (Wildman–Crippen MR) is 182 cm³/mol. The van der Waals surface area contributed by atoms with Gasteiger partial charge in [0.15, 0.2) is 5.65 Å². The summed E-state index contributed by atoms with van der Waals surface area (Å²) in [7, 11) is 0.468. The minimum atomic E-state index is -2.85. The first-order valence-corrected chi connectivity index (χ1v) is 16.0. The third-order valence-corrected chi connectivity index (χ3v) is 9.41. The lowest BCUT2D eigenvalue weighted by Gasteiger charge is -2.30. The summed E-state index contributed by atoms with van der Waals surface area (Å²) < 4.78 is 66.3. The van der Waals surface area contributed by atoms with Crippen LogP contribution >= 0.6 is 0 Å². The third kappa shape index (κ3) is 5.33. The zero-order chi connectivity index (χ0) is 37.2. The number of pyridine rings is 1. The van der Waals surface area contributed by atoms with Crippen molar-refractivity contribution in [3.05, 3.63) is 78.5 Å². The van der Waals surface area contributed by atoms with Gasteiger partial charge in [-0.3, -0.25) is 4.79 Å². The van der Waals surface area contributed by atoms with E-state index in [1.54, 1.807) is 19.1 Å². The van der Waals surface area contributed by atoms with Crippen LogP contribution in [0.25, 0.3) is 39.0 Å². The summed E-state index contributed by atoms with van der Waals surface area (Å²) in [5.41, 5.74) is 2.79. The van der Waals surface area contributed by atoms with Gasteiger partial charge in [-0.1, -0.05) is 6.07 Å². The Hall–Kier alpha value is -5.70. The highest BCUT2D eigenvalue weighted by molar-refractivity contribution is 5.94. The molecule has 8 rings (SSSR count). The van der Waals surface area contributed by atoms with E-state index in [4.69, 9.17) is 18.6 Å². The number of methoxy groups -OCH3 is 2. The van der Waals surface area contributed by atoms with Crippen LogP contribution in [0, 0.1) is 18.6 Å². The predicted octanol–water partition coefficient (Wildman–Crippen LogP) is 4.37. The second-order valence-electron chi connectivity index (χ2n) is 12.5. The average Bonchev–Trinajstić information content (AvgIpc) is 3.81. The van der Waals surface area contributed by atoms with E-state index in [0.717, 1.165) is 11.6 Å². The van der Waals surface area contributed by atoms with Gasteiger partial charge in [-0.25, -0.2) is 33.4 Å². The molecule has 0 unspecified atom stereocenters. The molecule has 0 spiro atoms. The van der Waals surface area contributed by atoms with Gasteiger partial charge in [0, 0.05) is 51.0 Å². The largest absolute Gasteiger partial charge is 0.494 e. The van der Waals surface area contributed by atoms with Crippen molar-refractivity contribution in [2.24, 2.45) is 0 Å². The van der Waals surface area contributed by atoms with Crippen molar-refractivity contribution in [1.29, 1.82) is 0 Å². The summed E-state index contributed by atoms with van der Waals surface area (Å²) in [4.78, 5) is 36.5. The van der Waals surface area contributed by atoms with Crippen LogP contribution in [-0.2, 0) is 16.1 Å². The molecule has 15 heteroatoms. The highest BCUT2D eigenvalue weighted by Gasteiger charge is 2.41. The summed E-state index contributed by atoms with van der Waals surface area (Å²) >= 11 is 0. The fourth-order valence-corrected chi connectivity index (χ4v) is 7.09. The van der Waals surface area contributed by atoms with Crippen molar-refractivity contribution in [2.45, 2.75) is 38.1 Å². The molecule has 0 saturated carbocycles. The first-order chi connectivity index (χ1) is 25.4. The molecule has 1 fully saturated rings. The molecule has 0 aliphatic carbocycles. The Labute approximate surface area is 289 Å². The van der Waals surface area contributed by atoms with E-state index in [0.29, 0.717) is 59.1 Å². The Bertz CT molecular complexity index is 2390. The van der Waals surface area contributed by atoms with Crippen LogP contribution in [0.2, 0.25) is 0 Å². The lowest BCUT2D eigenvalue weighted by atomic mass is 10.1. The van der Waals surface area contributed by atoms with Crippen LogP contribution in [0.4, 0.5) is 20.4 Å². The maximum atomic E-state index is 15.0. The number of carbonyl (C=O) groups excluding carboxylic acids is 1. The van der Waals surface area contributed by atoms with Crippen LogP contribution in [0.1, 0.15) is 16.4 Å². The number of carbonyl (C=O) groups is 1. The highest BCUT2D eigenvalue weighted by Crippen LogP contribution is 2.35. The van der Waals surface area contributed by atoms with Crippen molar-refractivity contribution in [1.82, 2.24) is 39.2 Å². The highest BCUT2D eigenvalue weighted by atomic mass is 19.1. The zero-order valence-electron chi connectivity index (χ0n) is 30.3. The number of aryl methyl sites for hydroxylation is 1. The molecule has 2 aliphatic heterocycles. The van der Waals surface area contributed by atoms with Gasteiger partial charge in [-0.15, -0.1) is 0 Å². The Morgan fingerprint density at radius 1 is 1.04 bits per heavy atom. The third-order valence-electron chi connectivity index (χ3n) is 9.41. The minimum Gasteiger partial charge on any atom is -0.494 e. The van der Waals surface area contributed by atoms with Gasteiger partial charge >= 0.3 is 0 Å². The number of anilines is 2. The Kier molecular flexibility index (Phi) is 6.94. The number of imidazole rings is 1. The SMILES string of the molecule is [2H]C([2H])([2H])Oc1cc(F)ccc1-n1ncc2c(N3C[C@@H]4C[C@H]3C(=O)N(C)C[C@H](OC)Cn3c(C)nc5cc(F)cc(c53)-c3cccc(n3)N4)ncnc21. The van der Waals surface area contributed by atoms with Gasteiger partial charge in [-0.05, 0) is 43.7 Å². The van der Waals surface area contributed by atoms with E-state index in [-0.39, 0.29) is 35.6 Å². The number of hydrogen-bond donors (Lipinski definition) is 1. The molecule has 4 aromatic heterocycles. The number of rotatable bonds is 4. The first-order valence-electron chi connectivity index (χ1n) is 17.5. The smallest absolute Gasteiger partial charge is 0.245 e. The van der Waals surface area contributed by atoms with Crippen LogP contribution in [0.3, 0.4) is 0 Å². The average molecular weight is 684 g/mol. The normalized spacial score (nSPS) is 20.6. The fraction of sp³-hybridized carbons (Fsp3) is 0.314. The molecule has 6 aromatic rings. The molecule has 4 bridgehead atoms. The number of ether oxygens (including phenoxy) is 2. The Morgan fingerprint density at radius 3 is 2.76 bits per heavy atom. The number of likely N-dealkylation sites (N-methyl/N-ethyl adjacent to an activating group) is 1. The molecule has 2 aliphatic rings. The lowest BCUT2D eigenvalue weighted by molar-refractivity contribution is -0.132. The fourth-order valence-electron chi connectivity index (χ4n) is 7.09. The number of benzene rings is 2.